The molecule has 2 aromatic heterocycles. The van der Waals surface area contributed by atoms with Crippen molar-refractivity contribution in [3.8, 4) is 5.88 Å². The predicted octanol–water partition coefficient (Wildman–Crippen LogP) is 1.50. The first kappa shape index (κ1) is 18.8. The smallest absolute Gasteiger partial charge is 0.309 e. The lowest BCUT2D eigenvalue weighted by Crippen LogP contribution is -3.13. The number of rotatable bonds is 4. The predicted molar refractivity (Wildman–Crippen MR) is 101 cm³/mol. The molecule has 0 bridgehead atoms. The Morgan fingerprint density at radius 2 is 2.11 bits per heavy atom. The first-order valence-corrected chi connectivity index (χ1v) is 10.0. The molecule has 0 spiro atoms. The SMILES string of the molecule is COC(=O)C1CC[NH+]([C@H](c2ccccc2F)c2sc3nc(C)nn3c2O)CC1. The molecule has 9 heteroatoms. The fourth-order valence-corrected chi connectivity index (χ4v) is 5.15. The van der Waals surface area contributed by atoms with Gasteiger partial charge in [0, 0.05) is 12.8 Å². The molecule has 2 N–H and O–H groups in total. The minimum atomic E-state index is -0.395. The number of hydrogen-bond donors (Lipinski definition) is 2. The van der Waals surface area contributed by atoms with E-state index in [9.17, 15) is 14.3 Å². The van der Waals surface area contributed by atoms with Gasteiger partial charge in [0.15, 0.2) is 6.04 Å². The molecule has 0 unspecified atom stereocenters. The third-order valence-electron chi connectivity index (χ3n) is 5.35. The zero-order valence-corrected chi connectivity index (χ0v) is 16.5. The number of benzene rings is 1. The van der Waals surface area contributed by atoms with Crippen molar-refractivity contribution in [1.82, 2.24) is 14.6 Å². The van der Waals surface area contributed by atoms with Crippen molar-refractivity contribution in [2.24, 2.45) is 5.92 Å². The van der Waals surface area contributed by atoms with Crippen molar-refractivity contribution in [1.29, 1.82) is 0 Å². The summed E-state index contributed by atoms with van der Waals surface area (Å²) in [5.41, 5.74) is 0.519. The molecule has 3 heterocycles. The Morgan fingerprint density at radius 3 is 2.75 bits per heavy atom. The van der Waals surface area contributed by atoms with Crippen molar-refractivity contribution < 1.29 is 23.9 Å². The van der Waals surface area contributed by atoms with E-state index < -0.39 is 6.04 Å². The van der Waals surface area contributed by atoms with Crippen LogP contribution in [0.5, 0.6) is 5.88 Å². The topological polar surface area (TPSA) is 81.2 Å². The molecule has 148 valence electrons. The van der Waals surface area contributed by atoms with Gasteiger partial charge in [0.25, 0.3) is 0 Å². The van der Waals surface area contributed by atoms with Crippen LogP contribution >= 0.6 is 11.3 Å². The molecular formula is C19H22FN4O3S+. The molecule has 0 radical (unpaired) electrons. The standard InChI is InChI=1S/C19H21FN4O3S/c1-11-21-19-24(22-11)17(25)16(28-19)15(13-5-3-4-6-14(13)20)23-9-7-12(8-10-23)18(26)27-2/h3-6,12,15,25H,7-10H2,1-2H3/p+1/t15-/m1/s1. The number of quaternary nitrogens is 1. The maximum atomic E-state index is 14.7. The van der Waals surface area contributed by atoms with E-state index in [2.05, 4.69) is 10.1 Å². The van der Waals surface area contributed by atoms with Gasteiger partial charge in [-0.2, -0.15) is 4.52 Å². The zero-order valence-electron chi connectivity index (χ0n) is 15.7. The largest absolute Gasteiger partial charge is 0.492 e. The molecule has 7 nitrogen and oxygen atoms in total. The number of aromatic hydroxyl groups is 1. The number of nitrogens with one attached hydrogen (secondary N) is 1. The highest BCUT2D eigenvalue weighted by molar-refractivity contribution is 7.17. The number of halogens is 1. The number of esters is 1. The number of methoxy groups -OCH3 is 1. The third-order valence-corrected chi connectivity index (χ3v) is 6.44. The normalized spacial score (nSPS) is 21.0. The van der Waals surface area contributed by atoms with E-state index in [1.807, 2.05) is 0 Å². The van der Waals surface area contributed by atoms with Gasteiger partial charge in [0.05, 0.1) is 31.7 Å². The van der Waals surface area contributed by atoms with Gasteiger partial charge in [-0.3, -0.25) is 4.79 Å². The fraction of sp³-hybridized carbons (Fsp3) is 0.421. The highest BCUT2D eigenvalue weighted by Gasteiger charge is 2.38. The Labute approximate surface area is 165 Å². The van der Waals surface area contributed by atoms with E-state index >= 15 is 0 Å². The van der Waals surface area contributed by atoms with Gasteiger partial charge in [0.1, 0.15) is 16.5 Å². The number of carbonyl (C=O) groups excluding carboxylic acids is 1. The van der Waals surface area contributed by atoms with E-state index in [1.165, 1.54) is 29.0 Å². The molecule has 3 aromatic rings. The van der Waals surface area contributed by atoms with Crippen molar-refractivity contribution in [2.75, 3.05) is 20.2 Å². The van der Waals surface area contributed by atoms with Crippen molar-refractivity contribution >= 4 is 22.3 Å². The number of fused-ring (bicyclic) bond motifs is 1. The highest BCUT2D eigenvalue weighted by atomic mass is 32.1. The average Bonchev–Trinajstić information content (AvgIpc) is 3.21. The van der Waals surface area contributed by atoms with Gasteiger partial charge >= 0.3 is 5.97 Å². The minimum absolute atomic E-state index is 0.00329. The van der Waals surface area contributed by atoms with E-state index in [0.29, 0.717) is 47.2 Å². The van der Waals surface area contributed by atoms with Crippen molar-refractivity contribution in [3.05, 3.63) is 46.3 Å². The summed E-state index contributed by atoms with van der Waals surface area (Å²) in [6.45, 7) is 3.10. The summed E-state index contributed by atoms with van der Waals surface area (Å²) in [6.07, 6.45) is 1.32. The molecule has 1 atom stereocenters. The zero-order chi connectivity index (χ0) is 19.8. The molecule has 1 aliphatic rings. The van der Waals surface area contributed by atoms with Gasteiger partial charge in [-0.15, -0.1) is 5.10 Å². The number of ether oxygens (including phenoxy) is 1. The number of nitrogens with zero attached hydrogens (tertiary/aromatic N) is 3. The maximum Gasteiger partial charge on any atom is 0.309 e. The molecule has 1 saturated heterocycles. The van der Waals surface area contributed by atoms with Crippen LogP contribution in [0.4, 0.5) is 4.39 Å². The number of likely N-dealkylation sites (tertiary alicyclic amines) is 1. The number of aryl methyl sites for hydroxylation is 1. The molecule has 1 fully saturated rings. The number of thiazole rings is 1. The van der Waals surface area contributed by atoms with Gasteiger partial charge < -0.3 is 14.7 Å². The quantitative estimate of drug-likeness (QED) is 0.643. The lowest BCUT2D eigenvalue weighted by atomic mass is 9.93. The molecule has 0 amide bonds. The van der Waals surface area contributed by atoms with Crippen molar-refractivity contribution in [3.63, 3.8) is 0 Å². The van der Waals surface area contributed by atoms with Crippen LogP contribution in [-0.2, 0) is 9.53 Å². The van der Waals surface area contributed by atoms with E-state index in [-0.39, 0.29) is 23.6 Å². The molecule has 0 aliphatic carbocycles. The summed E-state index contributed by atoms with van der Waals surface area (Å²) in [7, 11) is 1.40. The lowest BCUT2D eigenvalue weighted by Gasteiger charge is -2.33. The molecular weight excluding hydrogens is 383 g/mol. The molecule has 4 rings (SSSR count). The number of piperidine rings is 1. The van der Waals surface area contributed by atoms with Crippen LogP contribution in [0.2, 0.25) is 0 Å². The summed E-state index contributed by atoms with van der Waals surface area (Å²) in [4.78, 5) is 18.5. The minimum Gasteiger partial charge on any atom is -0.492 e. The first-order valence-electron chi connectivity index (χ1n) is 9.21. The molecule has 1 aromatic carbocycles. The Bertz CT molecular complexity index is 1010. The van der Waals surface area contributed by atoms with E-state index in [0.717, 1.165) is 4.90 Å². The summed E-state index contributed by atoms with van der Waals surface area (Å²) in [5.74, 6) is -0.0740. The second kappa shape index (κ2) is 7.48. The highest BCUT2D eigenvalue weighted by Crippen LogP contribution is 2.36. The van der Waals surface area contributed by atoms with Crippen LogP contribution in [0, 0.1) is 18.7 Å². The molecule has 1 aliphatic heterocycles. The molecule has 28 heavy (non-hydrogen) atoms. The summed E-state index contributed by atoms with van der Waals surface area (Å²) in [6, 6.07) is 6.24. The van der Waals surface area contributed by atoms with Crippen LogP contribution < -0.4 is 4.90 Å². The van der Waals surface area contributed by atoms with Gasteiger partial charge in [-0.1, -0.05) is 23.5 Å². The third kappa shape index (κ3) is 3.24. The Hall–Kier alpha value is -2.52. The van der Waals surface area contributed by atoms with Crippen LogP contribution in [0.1, 0.15) is 35.1 Å². The van der Waals surface area contributed by atoms with Crippen LogP contribution in [0.15, 0.2) is 24.3 Å². The van der Waals surface area contributed by atoms with Crippen LogP contribution in [0.3, 0.4) is 0 Å². The Balaban J connectivity index is 1.73. The fourth-order valence-electron chi connectivity index (χ4n) is 3.97. The molecule has 0 saturated carbocycles. The maximum absolute atomic E-state index is 14.7. The van der Waals surface area contributed by atoms with Crippen molar-refractivity contribution in [2.45, 2.75) is 25.8 Å². The second-order valence-electron chi connectivity index (χ2n) is 7.05. The van der Waals surface area contributed by atoms with Gasteiger partial charge in [0.2, 0.25) is 10.8 Å². The van der Waals surface area contributed by atoms with E-state index in [4.69, 9.17) is 4.74 Å². The Morgan fingerprint density at radius 1 is 1.39 bits per heavy atom. The summed E-state index contributed by atoms with van der Waals surface area (Å²) >= 11 is 1.32. The summed E-state index contributed by atoms with van der Waals surface area (Å²) < 4.78 is 21.0. The lowest BCUT2D eigenvalue weighted by molar-refractivity contribution is -0.930. The average molecular weight is 405 g/mol. The monoisotopic (exact) mass is 405 g/mol. The number of aromatic nitrogens is 3. The second-order valence-corrected chi connectivity index (χ2v) is 8.06. The van der Waals surface area contributed by atoms with E-state index in [1.54, 1.807) is 25.1 Å². The number of hydrogen-bond acceptors (Lipinski definition) is 6. The first-order chi connectivity index (χ1) is 13.5. The van der Waals surface area contributed by atoms with Gasteiger partial charge in [-0.25, -0.2) is 9.37 Å². The Kier molecular flexibility index (Phi) is 5.03. The van der Waals surface area contributed by atoms with Crippen LogP contribution in [0.25, 0.3) is 4.96 Å². The van der Waals surface area contributed by atoms with Crippen LogP contribution in [-0.4, -0.2) is 45.9 Å². The van der Waals surface area contributed by atoms with Gasteiger partial charge in [-0.05, 0) is 19.1 Å². The number of carbonyl (C=O) groups is 1. The summed E-state index contributed by atoms with van der Waals surface area (Å²) in [5, 5.41) is 15.0.